The number of aromatic nitrogens is 2. The summed E-state index contributed by atoms with van der Waals surface area (Å²) < 4.78 is 1.85. The Hall–Kier alpha value is -2.88. The van der Waals surface area contributed by atoms with E-state index < -0.39 is 0 Å². The van der Waals surface area contributed by atoms with Gasteiger partial charge in [-0.15, -0.1) is 0 Å². The average molecular weight is 275 g/mol. The van der Waals surface area contributed by atoms with Crippen LogP contribution in [0.25, 0.3) is 16.8 Å². The van der Waals surface area contributed by atoms with Gasteiger partial charge in [0.1, 0.15) is 0 Å². The van der Waals surface area contributed by atoms with Crippen LogP contribution in [0.5, 0.6) is 0 Å². The summed E-state index contributed by atoms with van der Waals surface area (Å²) in [6, 6.07) is 16.0. The molecule has 0 spiro atoms. The Balaban J connectivity index is 1.71. The molecule has 1 aromatic heterocycles. The molecule has 1 N–H and O–H groups in total. The number of amides is 1. The molecule has 0 atom stereocenters. The molecular weight excluding hydrogens is 262 g/mol. The zero-order valence-electron chi connectivity index (χ0n) is 11.3. The Morgan fingerprint density at radius 3 is 2.76 bits per heavy atom. The van der Waals surface area contributed by atoms with E-state index in [4.69, 9.17) is 0 Å². The molecule has 0 unspecified atom stereocenters. The van der Waals surface area contributed by atoms with Crippen LogP contribution in [0.4, 0.5) is 5.69 Å². The first-order valence-electron chi connectivity index (χ1n) is 6.83. The Labute approximate surface area is 122 Å². The minimum Gasteiger partial charge on any atom is -0.326 e. The third-order valence-corrected chi connectivity index (χ3v) is 3.67. The van der Waals surface area contributed by atoms with Crippen molar-refractivity contribution in [1.29, 1.82) is 0 Å². The van der Waals surface area contributed by atoms with E-state index in [0.29, 0.717) is 6.42 Å². The molecule has 2 heterocycles. The number of rotatable bonds is 2. The van der Waals surface area contributed by atoms with Crippen molar-refractivity contribution >= 4 is 11.6 Å². The Bertz CT molecular complexity index is 821. The van der Waals surface area contributed by atoms with Crippen LogP contribution >= 0.6 is 0 Å². The average Bonchev–Trinajstić information content (AvgIpc) is 3.12. The topological polar surface area (TPSA) is 46.9 Å². The highest BCUT2D eigenvalue weighted by atomic mass is 16.1. The van der Waals surface area contributed by atoms with Crippen LogP contribution in [0.2, 0.25) is 0 Å². The molecule has 0 saturated carbocycles. The Morgan fingerprint density at radius 2 is 1.90 bits per heavy atom. The van der Waals surface area contributed by atoms with E-state index in [1.165, 1.54) is 0 Å². The van der Waals surface area contributed by atoms with E-state index in [-0.39, 0.29) is 5.91 Å². The van der Waals surface area contributed by atoms with E-state index in [9.17, 15) is 4.79 Å². The van der Waals surface area contributed by atoms with Gasteiger partial charge in [-0.3, -0.25) is 4.79 Å². The highest BCUT2D eigenvalue weighted by molar-refractivity contribution is 5.99. The quantitative estimate of drug-likeness (QED) is 0.781. The van der Waals surface area contributed by atoms with Crippen molar-refractivity contribution in [2.45, 2.75) is 6.42 Å². The van der Waals surface area contributed by atoms with Gasteiger partial charge in [0, 0.05) is 17.4 Å². The summed E-state index contributed by atoms with van der Waals surface area (Å²) in [6.45, 7) is 0. The zero-order valence-corrected chi connectivity index (χ0v) is 11.3. The van der Waals surface area contributed by atoms with Crippen LogP contribution < -0.4 is 5.32 Å². The van der Waals surface area contributed by atoms with Gasteiger partial charge < -0.3 is 5.32 Å². The lowest BCUT2D eigenvalue weighted by Crippen LogP contribution is -2.03. The maximum atomic E-state index is 11.4. The normalized spacial score (nSPS) is 13.0. The van der Waals surface area contributed by atoms with Gasteiger partial charge in [-0.25, -0.2) is 4.68 Å². The monoisotopic (exact) mass is 275 g/mol. The number of fused-ring (bicyclic) bond motifs is 1. The number of nitrogens with zero attached hydrogens (tertiary/aromatic N) is 2. The molecule has 0 bridgehead atoms. The lowest BCUT2D eigenvalue weighted by Gasteiger charge is -2.02. The Kier molecular flexibility index (Phi) is 2.60. The molecule has 0 saturated heterocycles. The number of carbonyl (C=O) groups is 1. The summed E-state index contributed by atoms with van der Waals surface area (Å²) >= 11 is 0. The summed E-state index contributed by atoms with van der Waals surface area (Å²) in [5.74, 6) is 0.0575. The maximum absolute atomic E-state index is 11.4. The van der Waals surface area contributed by atoms with Crippen LogP contribution in [0.15, 0.2) is 60.9 Å². The van der Waals surface area contributed by atoms with E-state index in [0.717, 1.165) is 28.1 Å². The minimum atomic E-state index is 0.0575. The number of anilines is 1. The van der Waals surface area contributed by atoms with Crippen LogP contribution in [0, 0.1) is 0 Å². The zero-order chi connectivity index (χ0) is 14.2. The van der Waals surface area contributed by atoms with Gasteiger partial charge in [-0.2, -0.15) is 5.10 Å². The predicted molar refractivity (Wildman–Crippen MR) is 81.3 cm³/mol. The summed E-state index contributed by atoms with van der Waals surface area (Å²) in [5, 5.41) is 7.25. The number of carbonyl (C=O) groups excluding carboxylic acids is 1. The van der Waals surface area contributed by atoms with Crippen molar-refractivity contribution in [2.24, 2.45) is 0 Å². The van der Waals surface area contributed by atoms with Gasteiger partial charge in [0.2, 0.25) is 5.91 Å². The van der Waals surface area contributed by atoms with Crippen LogP contribution in [0.3, 0.4) is 0 Å². The molecule has 4 heteroatoms. The second-order valence-corrected chi connectivity index (χ2v) is 5.11. The molecule has 1 aliphatic rings. The molecular formula is C17H13N3O. The first-order valence-corrected chi connectivity index (χ1v) is 6.83. The SMILES string of the molecule is O=C1Cc2cc(-c3cnn(-c4ccccc4)c3)ccc2N1. The second-order valence-electron chi connectivity index (χ2n) is 5.11. The van der Waals surface area contributed by atoms with Crippen molar-refractivity contribution < 1.29 is 4.79 Å². The number of nitrogens with one attached hydrogen (secondary N) is 1. The first kappa shape index (κ1) is 11.9. The lowest BCUT2D eigenvalue weighted by molar-refractivity contribution is -0.115. The van der Waals surface area contributed by atoms with Crippen molar-refractivity contribution in [3.63, 3.8) is 0 Å². The van der Waals surface area contributed by atoms with Crippen LogP contribution in [-0.4, -0.2) is 15.7 Å². The maximum Gasteiger partial charge on any atom is 0.228 e. The fourth-order valence-corrected chi connectivity index (χ4v) is 2.60. The lowest BCUT2D eigenvalue weighted by atomic mass is 10.0. The molecule has 21 heavy (non-hydrogen) atoms. The van der Waals surface area contributed by atoms with Gasteiger partial charge in [-0.05, 0) is 35.4 Å². The van der Waals surface area contributed by atoms with Crippen molar-refractivity contribution in [3.05, 3.63) is 66.5 Å². The van der Waals surface area contributed by atoms with Crippen molar-refractivity contribution in [2.75, 3.05) is 5.32 Å². The molecule has 0 radical (unpaired) electrons. The van der Waals surface area contributed by atoms with E-state index in [2.05, 4.69) is 16.5 Å². The Morgan fingerprint density at radius 1 is 1.05 bits per heavy atom. The minimum absolute atomic E-state index is 0.0575. The summed E-state index contributed by atoms with van der Waals surface area (Å²) in [5.41, 5.74) is 5.11. The number of para-hydroxylation sites is 1. The largest absolute Gasteiger partial charge is 0.326 e. The van der Waals surface area contributed by atoms with E-state index in [1.807, 2.05) is 59.5 Å². The molecule has 4 nitrogen and oxygen atoms in total. The molecule has 0 fully saturated rings. The van der Waals surface area contributed by atoms with Crippen LogP contribution in [0.1, 0.15) is 5.56 Å². The van der Waals surface area contributed by atoms with Gasteiger partial charge in [-0.1, -0.05) is 24.3 Å². The predicted octanol–water partition coefficient (Wildman–Crippen LogP) is 3.03. The fraction of sp³-hybridized carbons (Fsp3) is 0.0588. The van der Waals surface area contributed by atoms with Crippen molar-refractivity contribution in [1.82, 2.24) is 9.78 Å². The number of benzene rings is 2. The van der Waals surface area contributed by atoms with E-state index in [1.54, 1.807) is 0 Å². The molecule has 3 aromatic rings. The third kappa shape index (κ3) is 2.10. The number of hydrogen-bond acceptors (Lipinski definition) is 2. The summed E-state index contributed by atoms with van der Waals surface area (Å²) in [7, 11) is 0. The van der Waals surface area contributed by atoms with Gasteiger partial charge in [0.15, 0.2) is 0 Å². The third-order valence-electron chi connectivity index (χ3n) is 3.67. The molecule has 1 aliphatic heterocycles. The van der Waals surface area contributed by atoms with Gasteiger partial charge >= 0.3 is 0 Å². The molecule has 4 rings (SSSR count). The number of hydrogen-bond donors (Lipinski definition) is 1. The fourth-order valence-electron chi connectivity index (χ4n) is 2.60. The highest BCUT2D eigenvalue weighted by Gasteiger charge is 2.18. The second kappa shape index (κ2) is 4.59. The first-order chi connectivity index (χ1) is 10.3. The standard InChI is InChI=1S/C17H13N3O/c21-17-9-13-8-12(6-7-16(13)19-17)14-10-18-20(11-14)15-4-2-1-3-5-15/h1-8,10-11H,9H2,(H,19,21). The molecule has 1 amide bonds. The molecule has 102 valence electrons. The summed E-state index contributed by atoms with van der Waals surface area (Å²) in [6.07, 6.45) is 4.30. The van der Waals surface area contributed by atoms with Gasteiger partial charge in [0.05, 0.1) is 18.3 Å². The highest BCUT2D eigenvalue weighted by Crippen LogP contribution is 2.29. The van der Waals surface area contributed by atoms with Crippen LogP contribution in [-0.2, 0) is 11.2 Å². The summed E-state index contributed by atoms with van der Waals surface area (Å²) in [4.78, 5) is 11.4. The van der Waals surface area contributed by atoms with Gasteiger partial charge in [0.25, 0.3) is 0 Å². The van der Waals surface area contributed by atoms with E-state index >= 15 is 0 Å². The van der Waals surface area contributed by atoms with Crippen molar-refractivity contribution in [3.8, 4) is 16.8 Å². The molecule has 2 aromatic carbocycles. The smallest absolute Gasteiger partial charge is 0.228 e. The molecule has 0 aliphatic carbocycles.